The molecule has 0 aromatic rings. The van der Waals surface area contributed by atoms with Gasteiger partial charge in [0, 0.05) is 6.61 Å². The second-order valence-corrected chi connectivity index (χ2v) is 15.0. The second kappa shape index (κ2) is 9.10. The number of nitrogens with one attached hydrogen (secondary N) is 1. The summed E-state index contributed by atoms with van der Waals surface area (Å²) >= 11 is 0. The van der Waals surface area contributed by atoms with Crippen molar-refractivity contribution >= 4 is 11.9 Å². The van der Waals surface area contributed by atoms with Gasteiger partial charge in [0.25, 0.3) is 0 Å². The summed E-state index contributed by atoms with van der Waals surface area (Å²) in [6, 6.07) is 0. The highest BCUT2D eigenvalue weighted by atomic mass is 16.4. The van der Waals surface area contributed by atoms with Crippen LogP contribution in [-0.2, 0) is 9.59 Å². The van der Waals surface area contributed by atoms with Gasteiger partial charge in [-0.25, -0.2) is 0 Å². The molecule has 0 spiro atoms. The normalized spacial score (nSPS) is 48.1. The summed E-state index contributed by atoms with van der Waals surface area (Å²) in [7, 11) is 0. The van der Waals surface area contributed by atoms with Crippen LogP contribution in [0.1, 0.15) is 98.8 Å². The smallest absolute Gasteiger partial charge is 0.322 e. The molecule has 0 heterocycles. The minimum absolute atomic E-state index is 0.0193. The molecule has 5 heteroatoms. The number of fused-ring (bicyclic) bond motifs is 7. The van der Waals surface area contributed by atoms with Crippen molar-refractivity contribution in [2.45, 2.75) is 98.8 Å². The molecule has 37 heavy (non-hydrogen) atoms. The van der Waals surface area contributed by atoms with Gasteiger partial charge in [0.15, 0.2) is 0 Å². The Morgan fingerprint density at radius 1 is 0.892 bits per heavy atom. The SMILES string of the molecule is C=C(C)[C@@H]1CC[C@]2(C(=O)NCC(=O)O)CCC3C(CCC4[C@@]3(C)CCC3C(C)(C)[C@@H](CO)CC[C@@]34C)C12. The lowest BCUT2D eigenvalue weighted by Gasteiger charge is -2.69. The number of carboxylic acids is 1. The highest BCUT2D eigenvalue weighted by Gasteiger charge is 2.68. The highest BCUT2D eigenvalue weighted by Crippen LogP contribution is 2.74. The lowest BCUT2D eigenvalue weighted by Crippen LogP contribution is -2.63. The Balaban J connectivity index is 1.47. The van der Waals surface area contributed by atoms with Crippen LogP contribution in [0.25, 0.3) is 0 Å². The van der Waals surface area contributed by atoms with Gasteiger partial charge < -0.3 is 15.5 Å². The molecule has 0 saturated heterocycles. The molecule has 3 N–H and O–H groups in total. The maximum atomic E-state index is 13.7. The van der Waals surface area contributed by atoms with Gasteiger partial charge in [-0.05, 0) is 129 Å². The van der Waals surface area contributed by atoms with Crippen LogP contribution in [0.4, 0.5) is 0 Å². The molecular formula is C32H51NO4. The van der Waals surface area contributed by atoms with E-state index in [-0.39, 0.29) is 29.2 Å². The molecule has 0 aromatic heterocycles. The van der Waals surface area contributed by atoms with Crippen molar-refractivity contribution in [3.63, 3.8) is 0 Å². The van der Waals surface area contributed by atoms with Gasteiger partial charge >= 0.3 is 5.97 Å². The number of carbonyl (C=O) groups excluding carboxylic acids is 1. The molecule has 1 amide bonds. The van der Waals surface area contributed by atoms with Crippen LogP contribution >= 0.6 is 0 Å². The number of carbonyl (C=O) groups is 2. The quantitative estimate of drug-likeness (QED) is 0.390. The summed E-state index contributed by atoms with van der Waals surface area (Å²) in [5.41, 5.74) is 1.52. The van der Waals surface area contributed by atoms with Gasteiger partial charge in [0.1, 0.15) is 6.54 Å². The van der Waals surface area contributed by atoms with E-state index in [0.29, 0.717) is 47.5 Å². The Labute approximate surface area is 224 Å². The summed E-state index contributed by atoms with van der Waals surface area (Å²) < 4.78 is 0. The highest BCUT2D eigenvalue weighted by molar-refractivity contribution is 5.86. The number of allylic oxidation sites excluding steroid dienone is 1. The predicted molar refractivity (Wildman–Crippen MR) is 146 cm³/mol. The Kier molecular flexibility index (Phi) is 6.69. The average molecular weight is 514 g/mol. The fourth-order valence-corrected chi connectivity index (χ4v) is 11.9. The second-order valence-electron chi connectivity index (χ2n) is 15.0. The van der Waals surface area contributed by atoms with Crippen molar-refractivity contribution < 1.29 is 19.8 Å². The Bertz CT molecular complexity index is 958. The third-order valence-corrected chi connectivity index (χ3v) is 13.5. The standard InChI is InChI=1S/C32H51NO4/c1-19(2)21-10-15-32(28(37)33-17-26(35)36)16-11-23-22(27(21)32)7-8-25-30(23,5)14-12-24-29(3,4)20(18-34)9-13-31(24,25)6/h20-25,27,34H,1,7-18H2,2-6H3,(H,33,37)(H,35,36)/t20-,21+,22?,23?,24?,25?,27?,30+,31+,32+/m1/s1. The first-order valence-electron chi connectivity index (χ1n) is 15.1. The van der Waals surface area contributed by atoms with Crippen LogP contribution in [0.15, 0.2) is 12.2 Å². The lowest BCUT2D eigenvalue weighted by molar-refractivity contribution is -0.210. The van der Waals surface area contributed by atoms with Crippen LogP contribution in [0.3, 0.4) is 0 Å². The Morgan fingerprint density at radius 3 is 2.22 bits per heavy atom. The van der Waals surface area contributed by atoms with Gasteiger partial charge in [0.05, 0.1) is 5.41 Å². The first-order chi connectivity index (χ1) is 17.3. The van der Waals surface area contributed by atoms with Gasteiger partial charge in [-0.3, -0.25) is 9.59 Å². The number of hydrogen-bond donors (Lipinski definition) is 3. The minimum atomic E-state index is -0.971. The summed E-state index contributed by atoms with van der Waals surface area (Å²) in [5, 5.41) is 22.2. The van der Waals surface area contributed by atoms with E-state index in [2.05, 4.69) is 46.5 Å². The molecule has 0 radical (unpaired) electrons. The van der Waals surface area contributed by atoms with E-state index in [0.717, 1.165) is 32.1 Å². The Morgan fingerprint density at radius 2 is 1.57 bits per heavy atom. The van der Waals surface area contributed by atoms with Gasteiger partial charge in [-0.15, -0.1) is 0 Å². The molecule has 5 nitrogen and oxygen atoms in total. The maximum absolute atomic E-state index is 13.7. The molecule has 5 saturated carbocycles. The van der Waals surface area contributed by atoms with Crippen LogP contribution in [0.2, 0.25) is 0 Å². The number of amides is 1. The van der Waals surface area contributed by atoms with E-state index < -0.39 is 11.4 Å². The van der Waals surface area contributed by atoms with E-state index in [1.807, 2.05) is 0 Å². The third kappa shape index (κ3) is 3.79. The zero-order chi connectivity index (χ0) is 27.0. The summed E-state index contributed by atoms with van der Waals surface area (Å²) in [6.45, 7) is 16.6. The first-order valence-corrected chi connectivity index (χ1v) is 15.1. The van der Waals surface area contributed by atoms with E-state index >= 15 is 0 Å². The zero-order valence-corrected chi connectivity index (χ0v) is 23.9. The van der Waals surface area contributed by atoms with Crippen LogP contribution < -0.4 is 5.32 Å². The summed E-state index contributed by atoms with van der Waals surface area (Å²) in [6.07, 6.45) is 11.1. The monoisotopic (exact) mass is 513 g/mol. The number of carboxylic acid groups (broad SMARTS) is 1. The Hall–Kier alpha value is -1.36. The molecule has 208 valence electrons. The van der Waals surface area contributed by atoms with Crippen molar-refractivity contribution in [3.05, 3.63) is 12.2 Å². The van der Waals surface area contributed by atoms with Crippen molar-refractivity contribution in [1.82, 2.24) is 5.32 Å². The fourth-order valence-electron chi connectivity index (χ4n) is 11.9. The lowest BCUT2D eigenvalue weighted by atomic mass is 9.35. The van der Waals surface area contributed by atoms with Crippen molar-refractivity contribution in [2.24, 2.45) is 63.1 Å². The van der Waals surface area contributed by atoms with E-state index in [1.165, 1.54) is 37.7 Å². The third-order valence-electron chi connectivity index (χ3n) is 13.5. The molecule has 5 fully saturated rings. The average Bonchev–Trinajstić information content (AvgIpc) is 3.23. The zero-order valence-electron chi connectivity index (χ0n) is 23.9. The van der Waals surface area contributed by atoms with Crippen molar-refractivity contribution in [2.75, 3.05) is 13.2 Å². The largest absolute Gasteiger partial charge is 0.480 e. The van der Waals surface area contributed by atoms with Crippen LogP contribution in [0.5, 0.6) is 0 Å². The van der Waals surface area contributed by atoms with E-state index in [1.54, 1.807) is 0 Å². The number of rotatable bonds is 5. The van der Waals surface area contributed by atoms with E-state index in [4.69, 9.17) is 0 Å². The number of aliphatic carboxylic acids is 1. The van der Waals surface area contributed by atoms with Gasteiger partial charge in [0.2, 0.25) is 5.91 Å². The number of aliphatic hydroxyl groups excluding tert-OH is 1. The number of hydrogen-bond acceptors (Lipinski definition) is 3. The maximum Gasteiger partial charge on any atom is 0.322 e. The van der Waals surface area contributed by atoms with Crippen LogP contribution in [-0.4, -0.2) is 35.2 Å². The molecule has 0 aliphatic heterocycles. The van der Waals surface area contributed by atoms with Gasteiger partial charge in [-0.1, -0.05) is 39.8 Å². The predicted octanol–water partition coefficient (Wildman–Crippen LogP) is 6.06. The number of aliphatic hydroxyl groups is 1. The molecule has 5 rings (SSSR count). The molecular weight excluding hydrogens is 462 g/mol. The molecule has 5 aliphatic carbocycles. The van der Waals surface area contributed by atoms with Crippen molar-refractivity contribution in [3.8, 4) is 0 Å². The van der Waals surface area contributed by atoms with Crippen LogP contribution in [0, 0.1) is 63.1 Å². The summed E-state index contributed by atoms with van der Waals surface area (Å²) in [5.74, 6) is 2.52. The molecule has 0 bridgehead atoms. The fraction of sp³-hybridized carbons (Fsp3) is 0.875. The van der Waals surface area contributed by atoms with Crippen molar-refractivity contribution in [1.29, 1.82) is 0 Å². The first kappa shape index (κ1) is 27.2. The minimum Gasteiger partial charge on any atom is -0.480 e. The summed E-state index contributed by atoms with van der Waals surface area (Å²) in [4.78, 5) is 24.9. The van der Waals surface area contributed by atoms with E-state index in [9.17, 15) is 19.8 Å². The molecule has 5 aliphatic rings. The van der Waals surface area contributed by atoms with Gasteiger partial charge in [-0.2, -0.15) is 0 Å². The molecule has 5 unspecified atom stereocenters. The molecule has 0 aromatic carbocycles. The molecule has 10 atom stereocenters. The topological polar surface area (TPSA) is 86.6 Å².